The van der Waals surface area contributed by atoms with E-state index in [1.165, 1.54) is 12.1 Å². The van der Waals surface area contributed by atoms with Crippen LogP contribution in [0.3, 0.4) is 0 Å². The van der Waals surface area contributed by atoms with Crippen molar-refractivity contribution in [2.75, 3.05) is 19.6 Å². The molecule has 1 N–H and O–H groups in total. The summed E-state index contributed by atoms with van der Waals surface area (Å²) in [5, 5.41) is 12.3. The summed E-state index contributed by atoms with van der Waals surface area (Å²) in [6.45, 7) is 5.58. The molecule has 0 bridgehead atoms. The number of halogens is 1. The summed E-state index contributed by atoms with van der Waals surface area (Å²) >= 11 is 0. The summed E-state index contributed by atoms with van der Waals surface area (Å²) in [4.78, 5) is 2.25. The topological polar surface area (TPSA) is 39.1 Å². The molecular weight excluding hydrogens is 217 g/mol. The van der Waals surface area contributed by atoms with Crippen molar-refractivity contribution in [1.29, 1.82) is 5.26 Å². The van der Waals surface area contributed by atoms with Crippen LogP contribution < -0.4 is 5.32 Å². The molecule has 1 aromatic carbocycles. The number of benzene rings is 1. The van der Waals surface area contributed by atoms with Crippen molar-refractivity contribution in [1.82, 2.24) is 10.2 Å². The zero-order chi connectivity index (χ0) is 12.3. The van der Waals surface area contributed by atoms with Crippen LogP contribution in [0.15, 0.2) is 18.2 Å². The maximum atomic E-state index is 13.2. The lowest BCUT2D eigenvalue weighted by Gasteiger charge is -2.32. The van der Waals surface area contributed by atoms with Gasteiger partial charge in [-0.15, -0.1) is 0 Å². The summed E-state index contributed by atoms with van der Waals surface area (Å²) in [6.07, 6.45) is 0. The average molecular weight is 233 g/mol. The monoisotopic (exact) mass is 233 g/mol. The molecule has 17 heavy (non-hydrogen) atoms. The van der Waals surface area contributed by atoms with Crippen molar-refractivity contribution in [3.63, 3.8) is 0 Å². The number of piperazine rings is 1. The number of hydrogen-bond acceptors (Lipinski definition) is 3. The molecule has 4 heteroatoms. The first kappa shape index (κ1) is 12.0. The third kappa shape index (κ3) is 3.02. The van der Waals surface area contributed by atoms with Gasteiger partial charge in [0.15, 0.2) is 0 Å². The molecule has 1 saturated heterocycles. The Bertz CT molecular complexity index is 439. The van der Waals surface area contributed by atoms with Crippen molar-refractivity contribution in [3.05, 3.63) is 35.1 Å². The van der Waals surface area contributed by atoms with Crippen LogP contribution in [0, 0.1) is 17.1 Å². The minimum absolute atomic E-state index is 0.276. The van der Waals surface area contributed by atoms with Crippen molar-refractivity contribution >= 4 is 0 Å². The van der Waals surface area contributed by atoms with Crippen molar-refractivity contribution in [2.24, 2.45) is 0 Å². The second kappa shape index (κ2) is 5.26. The second-order valence-corrected chi connectivity index (χ2v) is 4.50. The van der Waals surface area contributed by atoms with Gasteiger partial charge >= 0.3 is 0 Å². The molecule has 1 heterocycles. The predicted molar refractivity (Wildman–Crippen MR) is 63.9 cm³/mol. The van der Waals surface area contributed by atoms with Gasteiger partial charge in [0.25, 0.3) is 0 Å². The largest absolute Gasteiger partial charge is 0.312 e. The van der Waals surface area contributed by atoms with Crippen LogP contribution in [-0.4, -0.2) is 30.6 Å². The molecule has 0 aliphatic carbocycles. The van der Waals surface area contributed by atoms with Crippen LogP contribution >= 0.6 is 0 Å². The number of hydrogen-bond donors (Lipinski definition) is 1. The minimum Gasteiger partial charge on any atom is -0.312 e. The van der Waals surface area contributed by atoms with Crippen LogP contribution in [0.1, 0.15) is 18.1 Å². The van der Waals surface area contributed by atoms with Gasteiger partial charge < -0.3 is 5.32 Å². The zero-order valence-electron chi connectivity index (χ0n) is 9.91. The van der Waals surface area contributed by atoms with E-state index in [1.54, 1.807) is 6.07 Å². The van der Waals surface area contributed by atoms with Gasteiger partial charge in [0.1, 0.15) is 5.82 Å². The molecule has 1 fully saturated rings. The average Bonchev–Trinajstić information content (AvgIpc) is 2.29. The van der Waals surface area contributed by atoms with Gasteiger partial charge in [-0.1, -0.05) is 0 Å². The standard InChI is InChI=1S/C13H16FN3/c1-10-8-17(5-4-16-10)9-12-6-13(14)3-2-11(12)7-15/h2-3,6,10,16H,4-5,8-9H2,1H3/t10-/m1/s1. The van der Waals surface area contributed by atoms with E-state index in [9.17, 15) is 4.39 Å². The number of rotatable bonds is 2. The Labute approximate surface area is 101 Å². The fraction of sp³-hybridized carbons (Fsp3) is 0.462. The lowest BCUT2D eigenvalue weighted by atomic mass is 10.1. The third-order valence-corrected chi connectivity index (χ3v) is 3.03. The van der Waals surface area contributed by atoms with Gasteiger partial charge in [0.2, 0.25) is 0 Å². The van der Waals surface area contributed by atoms with Crippen molar-refractivity contribution in [3.8, 4) is 6.07 Å². The van der Waals surface area contributed by atoms with Crippen LogP contribution in [0.2, 0.25) is 0 Å². The molecular formula is C13H16FN3. The van der Waals surface area contributed by atoms with Gasteiger partial charge in [-0.3, -0.25) is 4.90 Å². The van der Waals surface area contributed by atoms with E-state index in [4.69, 9.17) is 5.26 Å². The SMILES string of the molecule is C[C@@H]1CN(Cc2cc(F)ccc2C#N)CCN1. The van der Waals surface area contributed by atoms with Crippen LogP contribution in [0.25, 0.3) is 0 Å². The van der Waals surface area contributed by atoms with E-state index in [1.807, 2.05) is 0 Å². The maximum absolute atomic E-state index is 13.2. The molecule has 0 saturated carbocycles. The normalized spacial score (nSPS) is 21.1. The molecule has 2 rings (SSSR count). The number of nitriles is 1. The minimum atomic E-state index is -0.276. The Hall–Kier alpha value is -1.44. The Balaban J connectivity index is 2.12. The quantitative estimate of drug-likeness (QED) is 0.841. The second-order valence-electron chi connectivity index (χ2n) is 4.50. The molecule has 1 aromatic rings. The summed E-state index contributed by atoms with van der Waals surface area (Å²) in [5.41, 5.74) is 1.35. The van der Waals surface area contributed by atoms with Crippen molar-refractivity contribution < 1.29 is 4.39 Å². The smallest absolute Gasteiger partial charge is 0.123 e. The van der Waals surface area contributed by atoms with Gasteiger partial charge in [0, 0.05) is 32.2 Å². The highest BCUT2D eigenvalue weighted by molar-refractivity contribution is 5.37. The van der Waals surface area contributed by atoms with Gasteiger partial charge in [-0.05, 0) is 30.7 Å². The molecule has 0 aromatic heterocycles. The van der Waals surface area contributed by atoms with E-state index >= 15 is 0 Å². The predicted octanol–water partition coefficient (Wildman–Crippen LogP) is 1.49. The molecule has 0 spiro atoms. The molecule has 0 amide bonds. The molecule has 0 unspecified atom stereocenters. The fourth-order valence-corrected chi connectivity index (χ4v) is 2.20. The molecule has 1 aliphatic heterocycles. The Kier molecular flexibility index (Phi) is 3.72. The summed E-state index contributed by atoms with van der Waals surface area (Å²) in [5.74, 6) is -0.276. The third-order valence-electron chi connectivity index (χ3n) is 3.03. The van der Waals surface area contributed by atoms with Gasteiger partial charge in [0.05, 0.1) is 11.6 Å². The molecule has 3 nitrogen and oxygen atoms in total. The highest BCUT2D eigenvalue weighted by Crippen LogP contribution is 2.14. The highest BCUT2D eigenvalue weighted by atomic mass is 19.1. The summed E-state index contributed by atoms with van der Waals surface area (Å²) < 4.78 is 13.2. The van der Waals surface area contributed by atoms with Gasteiger partial charge in [-0.2, -0.15) is 5.26 Å². The molecule has 90 valence electrons. The van der Waals surface area contributed by atoms with Crippen molar-refractivity contribution in [2.45, 2.75) is 19.5 Å². The highest BCUT2D eigenvalue weighted by Gasteiger charge is 2.16. The lowest BCUT2D eigenvalue weighted by Crippen LogP contribution is -2.48. The van der Waals surface area contributed by atoms with E-state index < -0.39 is 0 Å². The Morgan fingerprint density at radius 3 is 3.12 bits per heavy atom. The van der Waals surface area contributed by atoms with E-state index in [0.717, 1.165) is 25.2 Å². The van der Waals surface area contributed by atoms with Crippen LogP contribution in [0.4, 0.5) is 4.39 Å². The first-order chi connectivity index (χ1) is 8.19. The maximum Gasteiger partial charge on any atom is 0.123 e. The van der Waals surface area contributed by atoms with Gasteiger partial charge in [-0.25, -0.2) is 4.39 Å². The number of nitrogens with zero attached hydrogens (tertiary/aromatic N) is 2. The molecule has 1 atom stereocenters. The fourth-order valence-electron chi connectivity index (χ4n) is 2.20. The van der Waals surface area contributed by atoms with E-state index in [-0.39, 0.29) is 5.82 Å². The molecule has 0 radical (unpaired) electrons. The Morgan fingerprint density at radius 1 is 1.59 bits per heavy atom. The first-order valence-electron chi connectivity index (χ1n) is 5.83. The van der Waals surface area contributed by atoms with Crippen LogP contribution in [0.5, 0.6) is 0 Å². The lowest BCUT2D eigenvalue weighted by molar-refractivity contribution is 0.199. The van der Waals surface area contributed by atoms with Crippen LogP contribution in [-0.2, 0) is 6.54 Å². The van der Waals surface area contributed by atoms with E-state index in [0.29, 0.717) is 18.2 Å². The zero-order valence-corrected chi connectivity index (χ0v) is 9.91. The number of nitrogens with one attached hydrogen (secondary N) is 1. The first-order valence-corrected chi connectivity index (χ1v) is 5.83. The summed E-state index contributed by atoms with van der Waals surface area (Å²) in [7, 11) is 0. The Morgan fingerprint density at radius 2 is 2.41 bits per heavy atom. The summed E-state index contributed by atoms with van der Waals surface area (Å²) in [6, 6.07) is 6.91. The van der Waals surface area contributed by atoms with E-state index in [2.05, 4.69) is 23.2 Å². The molecule has 1 aliphatic rings.